The molecule has 1 aliphatic rings. The van der Waals surface area contributed by atoms with Crippen LogP contribution < -0.4 is 11.3 Å². The Morgan fingerprint density at radius 2 is 1.77 bits per heavy atom. The van der Waals surface area contributed by atoms with Crippen molar-refractivity contribution < 1.29 is 49.8 Å². The summed E-state index contributed by atoms with van der Waals surface area (Å²) in [4.78, 5) is 43.7. The fourth-order valence-corrected chi connectivity index (χ4v) is 4.51. The molecule has 2 aromatic carbocycles. The van der Waals surface area contributed by atoms with Crippen LogP contribution >= 0.6 is 7.82 Å². The molecular weight excluding hydrogens is 726 g/mol. The van der Waals surface area contributed by atoms with Crippen LogP contribution in [0.2, 0.25) is 0 Å². The van der Waals surface area contributed by atoms with Crippen molar-refractivity contribution in [2.45, 2.75) is 24.9 Å². The summed E-state index contributed by atoms with van der Waals surface area (Å²) in [6, 6.07) is 16.6. The van der Waals surface area contributed by atoms with Crippen molar-refractivity contribution in [2.24, 2.45) is 0 Å². The summed E-state index contributed by atoms with van der Waals surface area (Å²) >= 11 is 0. The van der Waals surface area contributed by atoms with Gasteiger partial charge in [-0.1, -0.05) is 42.5 Å². The van der Waals surface area contributed by atoms with E-state index in [1.807, 2.05) is 24.4 Å². The van der Waals surface area contributed by atoms with Gasteiger partial charge in [-0.15, -0.1) is 0 Å². The molecule has 0 radical (unpaired) electrons. The number of nitrogens with zero attached hydrogens (tertiary/aromatic N) is 4. The number of aromatic nitrogens is 5. The molecule has 6 rings (SSSR count). The fraction of sp³-hybridized carbons (Fsp3) is 0.217. The van der Waals surface area contributed by atoms with E-state index in [0.717, 1.165) is 5.52 Å². The molecule has 1 aliphatic heterocycles. The molecule has 17 heteroatoms. The van der Waals surface area contributed by atoms with E-state index in [1.165, 1.54) is 27.1 Å². The van der Waals surface area contributed by atoms with Crippen LogP contribution in [0.3, 0.4) is 0 Å². The van der Waals surface area contributed by atoms with Gasteiger partial charge in [0.15, 0.2) is 11.2 Å². The third kappa shape index (κ3) is 7.15. The summed E-state index contributed by atoms with van der Waals surface area (Å²) < 4.78 is 22.0. The third-order valence-corrected chi connectivity index (χ3v) is 6.36. The topological polar surface area (TPSA) is 266 Å². The van der Waals surface area contributed by atoms with Crippen LogP contribution in [0.1, 0.15) is 12.6 Å². The van der Waals surface area contributed by atoms with Crippen molar-refractivity contribution in [3.63, 3.8) is 0 Å². The van der Waals surface area contributed by atoms with E-state index in [0.29, 0.717) is 0 Å². The number of aliphatic hydroxyl groups excluding tert-OH is 1. The Morgan fingerprint density at radius 1 is 1.10 bits per heavy atom. The summed E-state index contributed by atoms with van der Waals surface area (Å²) in [6.45, 7) is -0.481. The van der Waals surface area contributed by atoms with Gasteiger partial charge in [0.05, 0.1) is 24.6 Å². The van der Waals surface area contributed by atoms with E-state index in [9.17, 15) is 14.5 Å². The minimum Gasteiger partial charge on any atom is -0.693 e. The number of phosphoric acid groups is 1. The number of aromatic amines is 1. The van der Waals surface area contributed by atoms with E-state index in [1.54, 1.807) is 0 Å². The van der Waals surface area contributed by atoms with Crippen LogP contribution in [0.5, 0.6) is 0 Å². The summed E-state index contributed by atoms with van der Waals surface area (Å²) in [7, 11) is -4.66. The van der Waals surface area contributed by atoms with Crippen LogP contribution in [0.25, 0.3) is 45.1 Å². The van der Waals surface area contributed by atoms with E-state index in [2.05, 4.69) is 54.8 Å². The average molecular weight is 754 g/mol. The third-order valence-electron chi connectivity index (χ3n) is 5.87. The molecule has 5 aromatic rings. The average Bonchev–Trinajstić information content (AvgIpc) is 3.46. The molecule has 0 bridgehead atoms. The van der Waals surface area contributed by atoms with E-state index in [-0.39, 0.29) is 56.9 Å². The molecule has 1 fully saturated rings. The van der Waals surface area contributed by atoms with Crippen molar-refractivity contribution >= 4 is 46.6 Å². The van der Waals surface area contributed by atoms with Gasteiger partial charge >= 0.3 is 7.82 Å². The molecule has 10 N–H and O–H groups in total. The summed E-state index contributed by atoms with van der Waals surface area (Å²) in [5.74, 6) is -0.0934. The number of nitrogens with one attached hydrogen (secondary N) is 1. The first-order valence-electron chi connectivity index (χ1n) is 11.2. The molecule has 3 aromatic heterocycles. The minimum atomic E-state index is -4.66. The Bertz CT molecular complexity index is 1640. The van der Waals surface area contributed by atoms with Crippen LogP contribution in [-0.4, -0.2) is 58.2 Å². The minimum absolute atomic E-state index is 0. The fourth-order valence-electron chi connectivity index (χ4n) is 4.17. The molecule has 1 saturated heterocycles. The van der Waals surface area contributed by atoms with Crippen LogP contribution in [-0.2, 0) is 34.9 Å². The monoisotopic (exact) mass is 753 g/mol. The molecule has 15 nitrogen and oxygen atoms in total. The van der Waals surface area contributed by atoms with E-state index < -0.39 is 38.4 Å². The number of nitrogen functional groups attached to an aromatic ring is 1. The first-order chi connectivity index (χ1) is 17.7. The first-order valence-corrected chi connectivity index (χ1v) is 12.7. The van der Waals surface area contributed by atoms with Crippen molar-refractivity contribution in [3.8, 4) is 0 Å². The zero-order valence-corrected chi connectivity index (χ0v) is 23.8. The maximum absolute atomic E-state index is 11.7. The number of imidazole rings is 1. The number of para-hydroxylation sites is 1. The number of anilines is 1. The van der Waals surface area contributed by atoms with Gasteiger partial charge in [-0.2, -0.15) is 4.98 Å². The van der Waals surface area contributed by atoms with Gasteiger partial charge in [0.1, 0.15) is 12.3 Å². The Kier molecular flexibility index (Phi) is 11.2. The van der Waals surface area contributed by atoms with Gasteiger partial charge < -0.3 is 37.7 Å². The molecule has 0 spiro atoms. The number of rotatable bonds is 4. The van der Waals surface area contributed by atoms with Crippen molar-refractivity contribution in [1.29, 1.82) is 0 Å². The number of hydrogen-bond acceptors (Lipinski definition) is 9. The number of H-pyrrole nitrogens is 1. The van der Waals surface area contributed by atoms with E-state index in [4.69, 9.17) is 20.3 Å². The Labute approximate surface area is 241 Å². The summed E-state index contributed by atoms with van der Waals surface area (Å²) in [5, 5.41) is 13.6. The standard InChI is InChI=1S/C13H9N.C10H14N5O7P.2H2N.Pt/c1-2-6-11-10(5-1)9-14-13-8-4-3-7-12(11)13;11-10-13-8-7(9(17)14-10)12-3-15(8)6-1-4(16)5(22-6)2-21-23(18,19)20;;;/h1-9H;3-6,16H,1-2H2,(H2,18,19,20)(H3,11,13,14,17);2*1H2;/q;;2*-1;/t;4-,5+,6+;;;/m.0.../s1. The van der Waals surface area contributed by atoms with Crippen LogP contribution in [0.4, 0.5) is 5.95 Å². The molecule has 0 saturated carbocycles. The molecule has 0 unspecified atom stereocenters. The maximum Gasteiger partial charge on any atom is 0.469 e. The van der Waals surface area contributed by atoms with Gasteiger partial charge in [-0.25, -0.2) is 9.55 Å². The second-order valence-corrected chi connectivity index (χ2v) is 9.60. The predicted octanol–water partition coefficient (Wildman–Crippen LogP) is 3.28. The molecule has 4 heterocycles. The van der Waals surface area contributed by atoms with Crippen LogP contribution in [0, 0.1) is 0 Å². The second-order valence-electron chi connectivity index (χ2n) is 8.36. The van der Waals surface area contributed by atoms with Crippen molar-refractivity contribution in [1.82, 2.24) is 24.5 Å². The van der Waals surface area contributed by atoms with Gasteiger partial charge in [-0.05, 0) is 11.5 Å². The van der Waals surface area contributed by atoms with Crippen LogP contribution in [0.15, 0.2) is 65.8 Å². The number of nitrogens with two attached hydrogens (primary N) is 3. The van der Waals surface area contributed by atoms with Crippen molar-refractivity contribution in [3.05, 3.63) is 83.7 Å². The maximum atomic E-state index is 11.7. The Balaban J connectivity index is 0.000000285. The normalized spacial score (nSPS) is 18.3. The predicted molar refractivity (Wildman–Crippen MR) is 145 cm³/mol. The van der Waals surface area contributed by atoms with Gasteiger partial charge in [-0.3, -0.25) is 23.9 Å². The number of benzene rings is 2. The Hall–Kier alpha value is -3.10. The van der Waals surface area contributed by atoms with E-state index >= 15 is 0 Å². The van der Waals surface area contributed by atoms with Gasteiger partial charge in [0.25, 0.3) is 5.56 Å². The molecule has 0 amide bonds. The van der Waals surface area contributed by atoms with Crippen molar-refractivity contribution in [2.75, 3.05) is 12.3 Å². The van der Waals surface area contributed by atoms with Gasteiger partial charge in [0.2, 0.25) is 5.95 Å². The summed E-state index contributed by atoms with van der Waals surface area (Å²) in [6.07, 6.45) is 0.671. The number of pyridine rings is 1. The quantitative estimate of drug-likeness (QED) is 0.131. The molecule has 3 atom stereocenters. The number of aliphatic hydroxyl groups is 1. The smallest absolute Gasteiger partial charge is 0.469 e. The molecule has 40 heavy (non-hydrogen) atoms. The Morgan fingerprint density at radius 3 is 2.50 bits per heavy atom. The molecule has 0 aliphatic carbocycles. The number of ether oxygens (including phenoxy) is 1. The number of phosphoric ester groups is 1. The zero-order chi connectivity index (χ0) is 26.2. The number of fused-ring (bicyclic) bond motifs is 4. The second kappa shape index (κ2) is 13.5. The molecule has 218 valence electrons. The van der Waals surface area contributed by atoms with Gasteiger partial charge in [0, 0.05) is 44.5 Å². The largest absolute Gasteiger partial charge is 0.693 e. The molecular formula is C23H27N8O7PPt-2. The SMILES string of the molecule is Nc1nc2c(ncn2[C@H]2C[C@H](O)[C@@H](COP(=O)(O)O)O2)c(=O)[nH]1.[NH2-].[NH2-].[Pt].c1ccc2c(c1)cnc1ccccc12. The zero-order valence-electron chi connectivity index (χ0n) is 20.7. The summed E-state index contributed by atoms with van der Waals surface area (Å²) in [5.41, 5.74) is 6.29. The first kappa shape index (κ1) is 33.1. The number of hydrogen-bond donors (Lipinski definition) is 5.